The zero-order chi connectivity index (χ0) is 14.9. The molecule has 116 valence electrons. The highest BCUT2D eigenvalue weighted by Crippen LogP contribution is 2.30. The van der Waals surface area contributed by atoms with E-state index in [0.717, 1.165) is 25.9 Å². The zero-order valence-corrected chi connectivity index (χ0v) is 11.5. The summed E-state index contributed by atoms with van der Waals surface area (Å²) in [5, 5.41) is 11.1. The number of hydrogen-bond acceptors (Lipinski definition) is 4. The van der Waals surface area contributed by atoms with Gasteiger partial charge >= 0.3 is 6.18 Å². The van der Waals surface area contributed by atoms with E-state index in [1.807, 2.05) is 11.8 Å². The molecular formula is C12H21F3N4O. The average Bonchev–Trinajstić information content (AvgIpc) is 2.80. The molecular weight excluding hydrogens is 273 g/mol. The molecule has 2 aliphatic rings. The third kappa shape index (κ3) is 3.17. The van der Waals surface area contributed by atoms with Crippen molar-refractivity contribution in [3.05, 3.63) is 0 Å². The number of fused-ring (bicyclic) bond motifs is 1. The molecule has 2 saturated heterocycles. The van der Waals surface area contributed by atoms with E-state index in [9.17, 15) is 13.2 Å². The van der Waals surface area contributed by atoms with Crippen LogP contribution >= 0.6 is 0 Å². The van der Waals surface area contributed by atoms with Gasteiger partial charge in [0.05, 0.1) is 0 Å². The number of piperazine rings is 1. The normalized spacial score (nSPS) is 31.3. The highest BCUT2D eigenvalue weighted by molar-refractivity contribution is 5.83. The van der Waals surface area contributed by atoms with Crippen molar-refractivity contribution in [3.63, 3.8) is 0 Å². The Hall–Kier alpha value is -1.02. The van der Waals surface area contributed by atoms with Crippen LogP contribution in [0.25, 0.3) is 0 Å². The molecule has 3 atom stereocenters. The number of oxime groups is 1. The molecule has 0 aromatic carbocycles. The molecule has 2 fully saturated rings. The maximum absolute atomic E-state index is 13.0. The number of rotatable bonds is 3. The van der Waals surface area contributed by atoms with Crippen LogP contribution in [-0.2, 0) is 0 Å². The van der Waals surface area contributed by atoms with E-state index in [-0.39, 0.29) is 12.6 Å². The summed E-state index contributed by atoms with van der Waals surface area (Å²) in [6.45, 7) is 4.11. The standard InChI is InChI=1S/C12H21F3N4O/c1-8-5-18-4-2-3-9(18)6-19(8)7-10(11(16)17-20)12(13,14)15/h8-10,20H,2-7H2,1H3,(H2,16,17). The Labute approximate surface area is 116 Å². The lowest BCUT2D eigenvalue weighted by molar-refractivity contribution is -0.163. The van der Waals surface area contributed by atoms with E-state index in [2.05, 4.69) is 10.1 Å². The van der Waals surface area contributed by atoms with E-state index in [1.165, 1.54) is 0 Å². The lowest BCUT2D eigenvalue weighted by Gasteiger charge is -2.43. The predicted octanol–water partition coefficient (Wildman–Crippen LogP) is 1.08. The number of hydrogen-bond donors (Lipinski definition) is 2. The Balaban J connectivity index is 2.06. The quantitative estimate of drug-likeness (QED) is 0.354. The van der Waals surface area contributed by atoms with Gasteiger partial charge in [0.2, 0.25) is 0 Å². The molecule has 0 aromatic rings. The van der Waals surface area contributed by atoms with Gasteiger partial charge in [-0.15, -0.1) is 0 Å². The largest absolute Gasteiger partial charge is 0.409 e. The Morgan fingerprint density at radius 1 is 1.45 bits per heavy atom. The van der Waals surface area contributed by atoms with Crippen molar-refractivity contribution < 1.29 is 18.4 Å². The first-order valence-corrected chi connectivity index (χ1v) is 6.85. The van der Waals surface area contributed by atoms with Gasteiger partial charge in [-0.05, 0) is 26.3 Å². The molecule has 2 aliphatic heterocycles. The first-order chi connectivity index (χ1) is 9.32. The predicted molar refractivity (Wildman–Crippen MR) is 68.6 cm³/mol. The van der Waals surface area contributed by atoms with Gasteiger partial charge in [-0.3, -0.25) is 9.80 Å². The van der Waals surface area contributed by atoms with Crippen LogP contribution in [0.1, 0.15) is 19.8 Å². The van der Waals surface area contributed by atoms with Crippen molar-refractivity contribution in [2.75, 3.05) is 26.2 Å². The number of alkyl halides is 3. The van der Waals surface area contributed by atoms with Gasteiger partial charge in [0.15, 0.2) is 5.84 Å². The van der Waals surface area contributed by atoms with E-state index in [1.54, 1.807) is 0 Å². The zero-order valence-electron chi connectivity index (χ0n) is 11.5. The van der Waals surface area contributed by atoms with Gasteiger partial charge in [-0.1, -0.05) is 5.16 Å². The van der Waals surface area contributed by atoms with Crippen LogP contribution in [0.2, 0.25) is 0 Å². The monoisotopic (exact) mass is 294 g/mol. The summed E-state index contributed by atoms with van der Waals surface area (Å²) in [4.78, 5) is 4.15. The maximum Gasteiger partial charge on any atom is 0.400 e. The maximum atomic E-state index is 13.0. The summed E-state index contributed by atoms with van der Waals surface area (Å²) in [7, 11) is 0. The fourth-order valence-electron chi connectivity index (χ4n) is 3.17. The average molecular weight is 294 g/mol. The van der Waals surface area contributed by atoms with Crippen LogP contribution in [0.15, 0.2) is 5.16 Å². The Bertz CT molecular complexity index is 374. The van der Waals surface area contributed by atoms with Gasteiger partial charge in [-0.25, -0.2) is 0 Å². The fourth-order valence-corrected chi connectivity index (χ4v) is 3.17. The van der Waals surface area contributed by atoms with Crippen molar-refractivity contribution in [2.45, 2.75) is 38.0 Å². The summed E-state index contributed by atoms with van der Waals surface area (Å²) in [5.41, 5.74) is 5.22. The molecule has 3 unspecified atom stereocenters. The van der Waals surface area contributed by atoms with Crippen molar-refractivity contribution in [3.8, 4) is 0 Å². The van der Waals surface area contributed by atoms with Crippen LogP contribution in [0, 0.1) is 5.92 Å². The van der Waals surface area contributed by atoms with Crippen LogP contribution in [0.4, 0.5) is 13.2 Å². The van der Waals surface area contributed by atoms with E-state index in [4.69, 9.17) is 10.9 Å². The van der Waals surface area contributed by atoms with Crippen LogP contribution in [0.3, 0.4) is 0 Å². The third-order valence-electron chi connectivity index (χ3n) is 4.35. The van der Waals surface area contributed by atoms with E-state index >= 15 is 0 Å². The van der Waals surface area contributed by atoms with E-state index in [0.29, 0.717) is 12.6 Å². The SMILES string of the molecule is CC1CN2CCCC2CN1CC(C(N)=NO)C(F)(F)F. The highest BCUT2D eigenvalue weighted by atomic mass is 19.4. The second-order valence-electron chi connectivity index (χ2n) is 5.71. The van der Waals surface area contributed by atoms with Crippen molar-refractivity contribution in [1.82, 2.24) is 9.80 Å². The number of halogens is 3. The van der Waals surface area contributed by atoms with E-state index < -0.39 is 17.9 Å². The summed E-state index contributed by atoms with van der Waals surface area (Å²) >= 11 is 0. The van der Waals surface area contributed by atoms with Crippen LogP contribution in [-0.4, -0.2) is 65.3 Å². The molecule has 0 aliphatic carbocycles. The third-order valence-corrected chi connectivity index (χ3v) is 4.35. The topological polar surface area (TPSA) is 65.1 Å². The van der Waals surface area contributed by atoms with Gasteiger partial charge in [0, 0.05) is 31.7 Å². The fraction of sp³-hybridized carbons (Fsp3) is 0.917. The summed E-state index contributed by atoms with van der Waals surface area (Å²) in [6, 6.07) is 0.382. The second-order valence-corrected chi connectivity index (χ2v) is 5.71. The Morgan fingerprint density at radius 3 is 2.75 bits per heavy atom. The lowest BCUT2D eigenvalue weighted by Crippen LogP contribution is -2.57. The minimum absolute atomic E-state index is 0.0423. The Kier molecular flexibility index (Phi) is 4.43. The number of amidine groups is 1. The molecule has 8 heteroatoms. The molecule has 0 amide bonds. The molecule has 0 radical (unpaired) electrons. The molecule has 2 rings (SSSR count). The molecule has 20 heavy (non-hydrogen) atoms. The van der Waals surface area contributed by atoms with Gasteiger partial charge in [0.1, 0.15) is 5.92 Å². The Morgan fingerprint density at radius 2 is 2.15 bits per heavy atom. The summed E-state index contributed by atoms with van der Waals surface area (Å²) in [6.07, 6.45) is -2.36. The van der Waals surface area contributed by atoms with Gasteiger partial charge in [-0.2, -0.15) is 13.2 Å². The minimum atomic E-state index is -4.50. The van der Waals surface area contributed by atoms with Crippen LogP contribution in [0.5, 0.6) is 0 Å². The van der Waals surface area contributed by atoms with Crippen molar-refractivity contribution in [1.29, 1.82) is 0 Å². The summed E-state index contributed by atoms with van der Waals surface area (Å²) < 4.78 is 39.0. The first kappa shape index (κ1) is 15.4. The second kappa shape index (κ2) is 5.77. The molecule has 0 spiro atoms. The molecule has 5 nitrogen and oxygen atoms in total. The number of nitrogens with zero attached hydrogens (tertiary/aromatic N) is 3. The van der Waals surface area contributed by atoms with Crippen LogP contribution < -0.4 is 5.73 Å². The molecule has 2 heterocycles. The molecule has 0 bridgehead atoms. The first-order valence-electron chi connectivity index (χ1n) is 6.85. The van der Waals surface area contributed by atoms with Crippen molar-refractivity contribution >= 4 is 5.84 Å². The number of nitrogens with two attached hydrogens (primary N) is 1. The smallest absolute Gasteiger partial charge is 0.400 e. The molecule has 0 saturated carbocycles. The van der Waals surface area contributed by atoms with Crippen molar-refractivity contribution in [2.24, 2.45) is 16.8 Å². The molecule has 3 N–H and O–H groups in total. The van der Waals surface area contributed by atoms with Gasteiger partial charge in [0.25, 0.3) is 0 Å². The van der Waals surface area contributed by atoms with Gasteiger partial charge < -0.3 is 10.9 Å². The summed E-state index contributed by atoms with van der Waals surface area (Å²) in [5.74, 6) is -2.68. The molecule has 0 aromatic heterocycles. The minimum Gasteiger partial charge on any atom is -0.409 e. The lowest BCUT2D eigenvalue weighted by atomic mass is 10.0. The highest BCUT2D eigenvalue weighted by Gasteiger charge is 2.45.